The summed E-state index contributed by atoms with van der Waals surface area (Å²) in [6.45, 7) is 4.80. The van der Waals surface area contributed by atoms with Crippen LogP contribution in [0.5, 0.6) is 5.75 Å². The Balaban J connectivity index is 1.58. The molecule has 0 saturated carbocycles. The summed E-state index contributed by atoms with van der Waals surface area (Å²) in [6, 6.07) is 17.2. The largest absolute Gasteiger partial charge is 0.497 e. The van der Waals surface area contributed by atoms with Crippen LogP contribution in [0.4, 0.5) is 0 Å². The first-order valence-corrected chi connectivity index (χ1v) is 7.84. The van der Waals surface area contributed by atoms with Crippen molar-refractivity contribution in [1.82, 2.24) is 4.90 Å². The molecule has 2 aromatic carbocycles. The Bertz CT molecular complexity index is 571. The number of methoxy groups -OCH3 is 1. The fraction of sp³-hybridized carbons (Fsp3) is 0.368. The van der Waals surface area contributed by atoms with E-state index in [1.54, 1.807) is 7.11 Å². The SMILES string of the molecule is COc1ccc(Cc2ccc(CN3CCOCC3)cc2)cc1. The van der Waals surface area contributed by atoms with Crippen LogP contribution < -0.4 is 4.74 Å². The van der Waals surface area contributed by atoms with Gasteiger partial charge in [-0.1, -0.05) is 36.4 Å². The lowest BCUT2D eigenvalue weighted by molar-refractivity contribution is 0.0342. The van der Waals surface area contributed by atoms with E-state index in [1.165, 1.54) is 16.7 Å². The highest BCUT2D eigenvalue weighted by Crippen LogP contribution is 2.16. The molecular formula is C19H23NO2. The van der Waals surface area contributed by atoms with Gasteiger partial charge in [-0.3, -0.25) is 4.90 Å². The van der Waals surface area contributed by atoms with Crippen molar-refractivity contribution in [1.29, 1.82) is 0 Å². The molecule has 1 heterocycles. The van der Waals surface area contributed by atoms with Crippen LogP contribution in [0.15, 0.2) is 48.5 Å². The molecule has 3 heteroatoms. The molecule has 1 aliphatic heterocycles. The van der Waals surface area contributed by atoms with Crippen molar-refractivity contribution in [3.05, 3.63) is 65.2 Å². The second-order valence-electron chi connectivity index (χ2n) is 5.73. The Morgan fingerprint density at radius 3 is 2.00 bits per heavy atom. The van der Waals surface area contributed by atoms with Gasteiger partial charge >= 0.3 is 0 Å². The van der Waals surface area contributed by atoms with Gasteiger partial charge in [-0.15, -0.1) is 0 Å². The van der Waals surface area contributed by atoms with Crippen LogP contribution in [-0.4, -0.2) is 38.3 Å². The summed E-state index contributed by atoms with van der Waals surface area (Å²) < 4.78 is 10.6. The number of hydrogen-bond donors (Lipinski definition) is 0. The van der Waals surface area contributed by atoms with Crippen molar-refractivity contribution in [3.8, 4) is 5.75 Å². The highest BCUT2D eigenvalue weighted by Gasteiger charge is 2.10. The van der Waals surface area contributed by atoms with E-state index in [-0.39, 0.29) is 0 Å². The molecule has 1 aliphatic rings. The van der Waals surface area contributed by atoms with Crippen LogP contribution in [0, 0.1) is 0 Å². The number of benzene rings is 2. The van der Waals surface area contributed by atoms with Gasteiger partial charge in [0.2, 0.25) is 0 Å². The highest BCUT2D eigenvalue weighted by molar-refractivity contribution is 5.32. The van der Waals surface area contributed by atoms with E-state index < -0.39 is 0 Å². The Morgan fingerprint density at radius 1 is 0.864 bits per heavy atom. The molecule has 0 atom stereocenters. The van der Waals surface area contributed by atoms with Crippen molar-refractivity contribution in [3.63, 3.8) is 0 Å². The Morgan fingerprint density at radius 2 is 1.41 bits per heavy atom. The van der Waals surface area contributed by atoms with Gasteiger partial charge in [0, 0.05) is 19.6 Å². The van der Waals surface area contributed by atoms with Crippen molar-refractivity contribution in [2.75, 3.05) is 33.4 Å². The minimum Gasteiger partial charge on any atom is -0.497 e. The van der Waals surface area contributed by atoms with Gasteiger partial charge in [0.15, 0.2) is 0 Å². The van der Waals surface area contributed by atoms with E-state index >= 15 is 0 Å². The summed E-state index contributed by atoms with van der Waals surface area (Å²) in [7, 11) is 1.70. The van der Waals surface area contributed by atoms with Crippen molar-refractivity contribution < 1.29 is 9.47 Å². The third-order valence-corrected chi connectivity index (χ3v) is 4.10. The number of morpholine rings is 1. The van der Waals surface area contributed by atoms with Gasteiger partial charge in [0.1, 0.15) is 5.75 Å². The molecule has 0 spiro atoms. The molecule has 3 nitrogen and oxygen atoms in total. The van der Waals surface area contributed by atoms with Gasteiger partial charge in [-0.25, -0.2) is 0 Å². The lowest BCUT2D eigenvalue weighted by atomic mass is 10.0. The average Bonchev–Trinajstić information content (AvgIpc) is 2.58. The summed E-state index contributed by atoms with van der Waals surface area (Å²) in [5.74, 6) is 0.907. The second kappa shape index (κ2) is 7.43. The first-order valence-electron chi connectivity index (χ1n) is 7.84. The van der Waals surface area contributed by atoms with Gasteiger partial charge in [-0.2, -0.15) is 0 Å². The number of nitrogens with zero attached hydrogens (tertiary/aromatic N) is 1. The van der Waals surface area contributed by atoms with Gasteiger partial charge < -0.3 is 9.47 Å². The fourth-order valence-electron chi connectivity index (χ4n) is 2.76. The average molecular weight is 297 g/mol. The maximum atomic E-state index is 5.39. The summed E-state index contributed by atoms with van der Waals surface area (Å²) in [5.41, 5.74) is 4.03. The fourth-order valence-corrected chi connectivity index (χ4v) is 2.76. The number of rotatable bonds is 5. The molecule has 116 valence electrons. The van der Waals surface area contributed by atoms with E-state index in [0.29, 0.717) is 0 Å². The van der Waals surface area contributed by atoms with E-state index in [4.69, 9.17) is 9.47 Å². The van der Waals surface area contributed by atoms with Gasteiger partial charge in [0.25, 0.3) is 0 Å². The van der Waals surface area contributed by atoms with Crippen molar-refractivity contribution in [2.45, 2.75) is 13.0 Å². The maximum Gasteiger partial charge on any atom is 0.118 e. The molecule has 22 heavy (non-hydrogen) atoms. The summed E-state index contributed by atoms with van der Waals surface area (Å²) in [4.78, 5) is 2.45. The zero-order valence-electron chi connectivity index (χ0n) is 13.1. The van der Waals surface area contributed by atoms with Crippen LogP contribution in [0.1, 0.15) is 16.7 Å². The molecule has 0 radical (unpaired) electrons. The lowest BCUT2D eigenvalue weighted by Crippen LogP contribution is -2.35. The van der Waals surface area contributed by atoms with E-state index in [1.807, 2.05) is 12.1 Å². The smallest absolute Gasteiger partial charge is 0.118 e. The molecule has 2 aromatic rings. The first-order chi connectivity index (χ1) is 10.8. The lowest BCUT2D eigenvalue weighted by Gasteiger charge is -2.26. The van der Waals surface area contributed by atoms with Gasteiger partial charge in [0.05, 0.1) is 20.3 Å². The number of hydrogen-bond acceptors (Lipinski definition) is 3. The predicted octanol–water partition coefficient (Wildman–Crippen LogP) is 3.12. The summed E-state index contributed by atoms with van der Waals surface area (Å²) >= 11 is 0. The zero-order valence-corrected chi connectivity index (χ0v) is 13.1. The normalized spacial score (nSPS) is 15.7. The minimum atomic E-state index is 0.857. The predicted molar refractivity (Wildman–Crippen MR) is 88.3 cm³/mol. The van der Waals surface area contributed by atoms with Crippen LogP contribution >= 0.6 is 0 Å². The zero-order chi connectivity index (χ0) is 15.2. The summed E-state index contributed by atoms with van der Waals surface area (Å²) in [6.07, 6.45) is 0.960. The Kier molecular flexibility index (Phi) is 5.09. The third-order valence-electron chi connectivity index (χ3n) is 4.10. The molecule has 0 unspecified atom stereocenters. The topological polar surface area (TPSA) is 21.7 Å². The molecule has 0 aliphatic carbocycles. The van der Waals surface area contributed by atoms with Crippen LogP contribution in [-0.2, 0) is 17.7 Å². The van der Waals surface area contributed by atoms with Crippen molar-refractivity contribution >= 4 is 0 Å². The molecule has 1 fully saturated rings. The van der Waals surface area contributed by atoms with E-state index in [2.05, 4.69) is 41.3 Å². The highest BCUT2D eigenvalue weighted by atomic mass is 16.5. The summed E-state index contributed by atoms with van der Waals surface area (Å²) in [5, 5.41) is 0. The monoisotopic (exact) mass is 297 g/mol. The molecule has 0 bridgehead atoms. The quantitative estimate of drug-likeness (QED) is 0.846. The Hall–Kier alpha value is -1.84. The standard InChI is InChI=1S/C19H23NO2/c1-21-19-8-6-17(7-9-19)14-16-2-4-18(5-3-16)15-20-10-12-22-13-11-20/h2-9H,10-15H2,1H3. The third kappa shape index (κ3) is 4.09. The molecule has 0 aromatic heterocycles. The molecular weight excluding hydrogens is 274 g/mol. The van der Waals surface area contributed by atoms with E-state index in [0.717, 1.165) is 45.0 Å². The first kappa shape index (κ1) is 15.1. The number of ether oxygens (including phenoxy) is 2. The van der Waals surface area contributed by atoms with E-state index in [9.17, 15) is 0 Å². The van der Waals surface area contributed by atoms with Crippen LogP contribution in [0.2, 0.25) is 0 Å². The molecule has 1 saturated heterocycles. The Labute approximate surface area is 132 Å². The maximum absolute atomic E-state index is 5.39. The van der Waals surface area contributed by atoms with Crippen LogP contribution in [0.25, 0.3) is 0 Å². The van der Waals surface area contributed by atoms with Crippen molar-refractivity contribution in [2.24, 2.45) is 0 Å². The molecule has 0 N–H and O–H groups in total. The molecule has 3 rings (SSSR count). The van der Waals surface area contributed by atoms with Crippen LogP contribution in [0.3, 0.4) is 0 Å². The second-order valence-corrected chi connectivity index (χ2v) is 5.73. The van der Waals surface area contributed by atoms with Gasteiger partial charge in [-0.05, 0) is 35.2 Å². The molecule has 0 amide bonds. The minimum absolute atomic E-state index is 0.857.